The average molecular weight is 673 g/mol. The van der Waals surface area contributed by atoms with Crippen molar-refractivity contribution >= 4 is 48.8 Å². The molecule has 0 spiro atoms. The number of para-hydroxylation sites is 1. The summed E-state index contributed by atoms with van der Waals surface area (Å²) in [5.41, 5.74) is -8.67. The summed E-state index contributed by atoms with van der Waals surface area (Å²) in [6.07, 6.45) is -1.71. The highest BCUT2D eigenvalue weighted by atomic mass is 32.2. The summed E-state index contributed by atoms with van der Waals surface area (Å²) in [6, 6.07) is 11.1. The van der Waals surface area contributed by atoms with Crippen LogP contribution < -0.4 is 4.90 Å². The molecule has 19 heteroatoms. The number of unbranched alkanes of at least 4 members (excludes halogenated alkanes) is 1. The summed E-state index contributed by atoms with van der Waals surface area (Å²) in [7, 11) is -9.94. The molecule has 1 amide bonds. The minimum atomic E-state index is -6.27. The number of hydrogen-bond donors (Lipinski definition) is 0. The molecule has 240 valence electrons. The van der Waals surface area contributed by atoms with Crippen molar-refractivity contribution in [2.24, 2.45) is 0 Å². The summed E-state index contributed by atoms with van der Waals surface area (Å²) >= 11 is 0. The van der Waals surface area contributed by atoms with Gasteiger partial charge in [-0.2, -0.15) is 21.6 Å². The molecule has 14 nitrogen and oxygen atoms in total. The Kier molecular flexibility index (Phi) is 8.91. The smallest absolute Gasteiger partial charge is 0.344 e. The predicted octanol–water partition coefficient (Wildman–Crippen LogP) is 5.17. The Balaban J connectivity index is 1.96. The molecule has 0 aliphatic carbocycles. The lowest BCUT2D eigenvalue weighted by molar-refractivity contribution is -0.396. The standard InChI is InChI=1S/C26H23F3N4O10S2/c1-3-4-14-31(44(39,40)22-13-12-16(32(35)36)15-21(22)33(37)38)25(34)18-9-7-11-20-23(18)24(43-45(41,42)26(27,28)29)17-8-5-6-10-19(17)30(20)2/h5-13,15,24H,3-4,14H2,1-2H3. The van der Waals surface area contributed by atoms with Crippen LogP contribution in [0, 0.1) is 20.2 Å². The quantitative estimate of drug-likeness (QED) is 0.120. The van der Waals surface area contributed by atoms with E-state index in [-0.39, 0.29) is 27.7 Å². The first kappa shape index (κ1) is 33.3. The summed E-state index contributed by atoms with van der Waals surface area (Å²) in [4.78, 5) is 35.3. The first-order valence-electron chi connectivity index (χ1n) is 12.9. The Labute approximate surface area is 254 Å². The molecule has 1 atom stereocenters. The van der Waals surface area contributed by atoms with Gasteiger partial charge >= 0.3 is 15.6 Å². The van der Waals surface area contributed by atoms with Gasteiger partial charge in [-0.15, -0.1) is 0 Å². The topological polar surface area (TPSA) is 187 Å². The second-order valence-corrected chi connectivity index (χ2v) is 13.0. The molecule has 0 aromatic heterocycles. The SMILES string of the molecule is CCCCN(C(=O)c1cccc2c1C(OS(=O)(=O)C(F)(F)F)c1ccccc1N2C)S(=O)(=O)c1ccc([N+](=O)[O-])cc1[N+](=O)[O-]. The number of sulfonamides is 1. The van der Waals surface area contributed by atoms with Crippen LogP contribution in [0.4, 0.5) is 35.9 Å². The minimum absolute atomic E-state index is 0.0103. The number of benzene rings is 3. The van der Waals surface area contributed by atoms with Crippen molar-refractivity contribution in [3.8, 4) is 0 Å². The molecular weight excluding hydrogens is 649 g/mol. The fourth-order valence-electron chi connectivity index (χ4n) is 4.75. The molecule has 0 N–H and O–H groups in total. The van der Waals surface area contributed by atoms with Gasteiger partial charge in [0.1, 0.15) is 6.10 Å². The highest BCUT2D eigenvalue weighted by Crippen LogP contribution is 2.48. The van der Waals surface area contributed by atoms with Gasteiger partial charge in [0.05, 0.1) is 15.9 Å². The number of amides is 1. The monoisotopic (exact) mass is 672 g/mol. The Morgan fingerprint density at radius 3 is 2.22 bits per heavy atom. The molecule has 1 unspecified atom stereocenters. The van der Waals surface area contributed by atoms with Crippen molar-refractivity contribution in [2.75, 3.05) is 18.5 Å². The van der Waals surface area contributed by atoms with Crippen LogP contribution in [0.25, 0.3) is 0 Å². The number of carbonyl (C=O) groups is 1. The van der Waals surface area contributed by atoms with E-state index in [0.29, 0.717) is 24.6 Å². The van der Waals surface area contributed by atoms with Crippen molar-refractivity contribution in [1.82, 2.24) is 4.31 Å². The molecule has 45 heavy (non-hydrogen) atoms. The molecule has 0 saturated carbocycles. The zero-order chi connectivity index (χ0) is 33.5. The van der Waals surface area contributed by atoms with Crippen LogP contribution in [-0.4, -0.2) is 56.0 Å². The number of nitro groups is 2. The van der Waals surface area contributed by atoms with E-state index < -0.39 is 81.4 Å². The fraction of sp³-hybridized carbons (Fsp3) is 0.269. The first-order chi connectivity index (χ1) is 20.9. The lowest BCUT2D eigenvalue weighted by Gasteiger charge is -2.36. The molecule has 1 aliphatic rings. The van der Waals surface area contributed by atoms with Crippen molar-refractivity contribution in [3.63, 3.8) is 0 Å². The first-order valence-corrected chi connectivity index (χ1v) is 15.7. The average Bonchev–Trinajstić information content (AvgIpc) is 2.97. The predicted molar refractivity (Wildman–Crippen MR) is 152 cm³/mol. The third-order valence-electron chi connectivity index (χ3n) is 6.88. The number of nitrogens with zero attached hydrogens (tertiary/aromatic N) is 4. The van der Waals surface area contributed by atoms with Gasteiger partial charge < -0.3 is 4.90 Å². The number of fused-ring (bicyclic) bond motifs is 2. The van der Waals surface area contributed by atoms with E-state index in [2.05, 4.69) is 0 Å². The zero-order valence-electron chi connectivity index (χ0n) is 23.3. The zero-order valence-corrected chi connectivity index (χ0v) is 24.9. The largest absolute Gasteiger partial charge is 0.523 e. The Bertz CT molecular complexity index is 1920. The van der Waals surface area contributed by atoms with Crippen molar-refractivity contribution in [3.05, 3.63) is 97.6 Å². The van der Waals surface area contributed by atoms with E-state index >= 15 is 0 Å². The summed E-state index contributed by atoms with van der Waals surface area (Å²) in [5.74, 6) is -1.36. The number of rotatable bonds is 10. The second-order valence-electron chi connectivity index (χ2n) is 9.63. The van der Waals surface area contributed by atoms with E-state index in [1.165, 1.54) is 48.3 Å². The van der Waals surface area contributed by atoms with Gasteiger partial charge in [0.25, 0.3) is 27.3 Å². The van der Waals surface area contributed by atoms with Crippen molar-refractivity contribution in [2.45, 2.75) is 36.3 Å². The summed E-state index contributed by atoms with van der Waals surface area (Å²) in [6.45, 7) is 1.08. The third-order valence-corrected chi connectivity index (χ3v) is 9.73. The van der Waals surface area contributed by atoms with Crippen molar-refractivity contribution < 1.29 is 48.8 Å². The fourth-order valence-corrected chi connectivity index (χ4v) is 6.88. The van der Waals surface area contributed by atoms with Crippen LogP contribution in [0.1, 0.15) is 47.4 Å². The van der Waals surface area contributed by atoms with E-state index in [0.717, 1.165) is 6.07 Å². The second kappa shape index (κ2) is 12.1. The molecule has 0 radical (unpaired) electrons. The highest BCUT2D eigenvalue weighted by molar-refractivity contribution is 7.89. The van der Waals surface area contributed by atoms with Crippen LogP contribution >= 0.6 is 0 Å². The number of nitro benzene ring substituents is 2. The lowest BCUT2D eigenvalue weighted by Crippen LogP contribution is -2.39. The molecule has 3 aromatic rings. The molecule has 1 aliphatic heterocycles. The molecule has 0 saturated heterocycles. The van der Waals surface area contributed by atoms with Crippen LogP contribution in [0.2, 0.25) is 0 Å². The molecule has 0 bridgehead atoms. The van der Waals surface area contributed by atoms with Gasteiger partial charge in [0.2, 0.25) is 0 Å². The Morgan fingerprint density at radius 1 is 0.978 bits per heavy atom. The van der Waals surface area contributed by atoms with Gasteiger partial charge in [0.15, 0.2) is 4.90 Å². The molecule has 3 aromatic carbocycles. The molecular formula is C26H23F3N4O10S2. The van der Waals surface area contributed by atoms with Crippen LogP contribution in [0.5, 0.6) is 0 Å². The summed E-state index contributed by atoms with van der Waals surface area (Å²) in [5, 5.41) is 23.0. The van der Waals surface area contributed by atoms with Crippen LogP contribution in [-0.2, 0) is 24.3 Å². The van der Waals surface area contributed by atoms with E-state index in [1.54, 1.807) is 6.92 Å². The van der Waals surface area contributed by atoms with Gasteiger partial charge in [-0.05, 0) is 30.7 Å². The van der Waals surface area contributed by atoms with Crippen LogP contribution in [0.3, 0.4) is 0 Å². The van der Waals surface area contributed by atoms with Crippen LogP contribution in [0.15, 0.2) is 65.6 Å². The highest BCUT2D eigenvalue weighted by Gasteiger charge is 2.51. The Morgan fingerprint density at radius 2 is 1.62 bits per heavy atom. The van der Waals surface area contributed by atoms with E-state index in [4.69, 9.17) is 4.18 Å². The van der Waals surface area contributed by atoms with Crippen molar-refractivity contribution in [1.29, 1.82) is 0 Å². The maximum absolute atomic E-state index is 14.1. The van der Waals surface area contributed by atoms with Gasteiger partial charge in [-0.1, -0.05) is 37.6 Å². The molecule has 4 rings (SSSR count). The third kappa shape index (κ3) is 6.05. The van der Waals surface area contributed by atoms with E-state index in [1.807, 2.05) is 0 Å². The summed E-state index contributed by atoms with van der Waals surface area (Å²) < 4.78 is 97.7. The van der Waals surface area contributed by atoms with E-state index in [9.17, 15) is 55.0 Å². The minimum Gasteiger partial charge on any atom is -0.344 e. The van der Waals surface area contributed by atoms with Gasteiger partial charge in [0, 0.05) is 47.7 Å². The number of hydrogen-bond acceptors (Lipinski definition) is 11. The number of anilines is 2. The lowest BCUT2D eigenvalue weighted by atomic mass is 9.89. The molecule has 0 fully saturated rings. The van der Waals surface area contributed by atoms with Gasteiger partial charge in [-0.25, -0.2) is 16.9 Å². The maximum Gasteiger partial charge on any atom is 0.523 e. The number of halogens is 3. The number of alkyl halides is 3. The maximum atomic E-state index is 14.1. The Hall–Kier alpha value is -4.62. The number of carbonyl (C=O) groups excluding carboxylic acids is 1. The number of non-ortho nitro benzene ring substituents is 1. The normalized spacial score (nSPS) is 14.8. The molecule has 1 heterocycles. The van der Waals surface area contributed by atoms with Gasteiger partial charge in [-0.3, -0.25) is 25.0 Å².